The van der Waals surface area contributed by atoms with Gasteiger partial charge >= 0.3 is 0 Å². The molecule has 2 aromatic rings. The standard InChI is InChI=1S/C17H20FNO2/c1-3-12-7-8-15(16(11-12)20-2)21-17-13(9-10-19)5-4-6-14(17)18/h4-8,11H,3,9-10,19H2,1-2H3. The Morgan fingerprint density at radius 1 is 1.14 bits per heavy atom. The first-order valence-corrected chi connectivity index (χ1v) is 7.01. The van der Waals surface area contributed by atoms with E-state index >= 15 is 0 Å². The highest BCUT2D eigenvalue weighted by Gasteiger charge is 2.13. The molecule has 0 amide bonds. The van der Waals surface area contributed by atoms with Crippen molar-refractivity contribution in [2.24, 2.45) is 5.73 Å². The summed E-state index contributed by atoms with van der Waals surface area (Å²) in [4.78, 5) is 0. The Hall–Kier alpha value is -2.07. The topological polar surface area (TPSA) is 44.5 Å². The minimum atomic E-state index is -0.400. The largest absolute Gasteiger partial charge is 0.493 e. The molecule has 0 aromatic heterocycles. The molecule has 21 heavy (non-hydrogen) atoms. The van der Waals surface area contributed by atoms with E-state index in [9.17, 15) is 4.39 Å². The van der Waals surface area contributed by atoms with Crippen LogP contribution in [0, 0.1) is 5.82 Å². The lowest BCUT2D eigenvalue weighted by Gasteiger charge is -2.14. The minimum absolute atomic E-state index is 0.213. The fourth-order valence-corrected chi connectivity index (χ4v) is 2.15. The molecule has 0 saturated carbocycles. The van der Waals surface area contributed by atoms with Crippen molar-refractivity contribution in [3.05, 3.63) is 53.3 Å². The Bertz CT molecular complexity index is 614. The molecule has 0 fully saturated rings. The highest BCUT2D eigenvalue weighted by Crippen LogP contribution is 2.35. The molecule has 3 nitrogen and oxygen atoms in total. The van der Waals surface area contributed by atoms with Gasteiger partial charge in [-0.2, -0.15) is 0 Å². The summed E-state index contributed by atoms with van der Waals surface area (Å²) < 4.78 is 25.1. The molecule has 2 N–H and O–H groups in total. The van der Waals surface area contributed by atoms with Crippen LogP contribution in [0.1, 0.15) is 18.1 Å². The fourth-order valence-electron chi connectivity index (χ4n) is 2.15. The fraction of sp³-hybridized carbons (Fsp3) is 0.294. The van der Waals surface area contributed by atoms with Gasteiger partial charge in [0.1, 0.15) is 0 Å². The van der Waals surface area contributed by atoms with Crippen molar-refractivity contribution in [3.8, 4) is 17.2 Å². The summed E-state index contributed by atoms with van der Waals surface area (Å²) >= 11 is 0. The average molecular weight is 289 g/mol. The van der Waals surface area contributed by atoms with Crippen molar-refractivity contribution >= 4 is 0 Å². The van der Waals surface area contributed by atoms with Gasteiger partial charge in [0, 0.05) is 0 Å². The Kier molecular flexibility index (Phi) is 5.17. The van der Waals surface area contributed by atoms with Crippen LogP contribution < -0.4 is 15.2 Å². The van der Waals surface area contributed by atoms with Crippen LogP contribution >= 0.6 is 0 Å². The van der Waals surface area contributed by atoms with E-state index in [0.717, 1.165) is 17.5 Å². The Labute approximate surface area is 124 Å². The zero-order valence-corrected chi connectivity index (χ0v) is 12.4. The molecular formula is C17H20FNO2. The van der Waals surface area contributed by atoms with Crippen LogP contribution in [-0.2, 0) is 12.8 Å². The highest BCUT2D eigenvalue weighted by atomic mass is 19.1. The molecule has 0 aliphatic heterocycles. The summed E-state index contributed by atoms with van der Waals surface area (Å²) in [5, 5.41) is 0. The molecular weight excluding hydrogens is 269 g/mol. The summed E-state index contributed by atoms with van der Waals surface area (Å²) in [6.45, 7) is 2.50. The maximum Gasteiger partial charge on any atom is 0.169 e. The predicted octanol–water partition coefficient (Wildman–Crippen LogP) is 3.69. The Balaban J connectivity index is 2.38. The molecule has 0 atom stereocenters. The summed E-state index contributed by atoms with van der Waals surface area (Å²) in [6, 6.07) is 10.5. The van der Waals surface area contributed by atoms with Gasteiger partial charge < -0.3 is 15.2 Å². The van der Waals surface area contributed by atoms with Gasteiger partial charge in [0.15, 0.2) is 23.1 Å². The van der Waals surface area contributed by atoms with E-state index in [0.29, 0.717) is 24.5 Å². The van der Waals surface area contributed by atoms with E-state index < -0.39 is 5.82 Å². The number of hydrogen-bond donors (Lipinski definition) is 1. The number of methoxy groups -OCH3 is 1. The monoisotopic (exact) mass is 289 g/mol. The van der Waals surface area contributed by atoms with Crippen LogP contribution in [-0.4, -0.2) is 13.7 Å². The van der Waals surface area contributed by atoms with Gasteiger partial charge in [-0.1, -0.05) is 25.1 Å². The van der Waals surface area contributed by atoms with Gasteiger partial charge in [-0.25, -0.2) is 4.39 Å². The van der Waals surface area contributed by atoms with Crippen LogP contribution in [0.4, 0.5) is 4.39 Å². The summed E-state index contributed by atoms with van der Waals surface area (Å²) in [5.41, 5.74) is 7.45. The molecule has 0 bridgehead atoms. The second-order valence-corrected chi connectivity index (χ2v) is 4.71. The molecule has 0 unspecified atom stereocenters. The number of hydrogen-bond acceptors (Lipinski definition) is 3. The number of halogens is 1. The van der Waals surface area contributed by atoms with Crippen LogP contribution in [0.25, 0.3) is 0 Å². The number of nitrogens with two attached hydrogens (primary N) is 1. The second-order valence-electron chi connectivity index (χ2n) is 4.71. The van der Waals surface area contributed by atoms with Crippen LogP contribution in [0.15, 0.2) is 36.4 Å². The summed E-state index contributed by atoms with van der Waals surface area (Å²) in [7, 11) is 1.57. The van der Waals surface area contributed by atoms with Crippen molar-refractivity contribution in [1.82, 2.24) is 0 Å². The molecule has 0 saturated heterocycles. The molecule has 112 valence electrons. The van der Waals surface area contributed by atoms with Gasteiger partial charge in [-0.05, 0) is 48.7 Å². The SMILES string of the molecule is CCc1ccc(Oc2c(F)cccc2CCN)c(OC)c1. The molecule has 2 aromatic carbocycles. The summed E-state index contributed by atoms with van der Waals surface area (Å²) in [6.07, 6.45) is 1.46. The third kappa shape index (κ3) is 3.52. The first-order chi connectivity index (χ1) is 10.2. The molecule has 0 heterocycles. The second kappa shape index (κ2) is 7.09. The van der Waals surface area contributed by atoms with E-state index in [4.69, 9.17) is 15.2 Å². The molecule has 2 rings (SSSR count). The smallest absolute Gasteiger partial charge is 0.169 e. The number of aryl methyl sites for hydroxylation is 1. The zero-order valence-electron chi connectivity index (χ0n) is 12.4. The van der Waals surface area contributed by atoms with E-state index in [1.54, 1.807) is 19.2 Å². The Morgan fingerprint density at radius 3 is 2.62 bits per heavy atom. The molecule has 4 heteroatoms. The molecule has 0 aliphatic rings. The maximum absolute atomic E-state index is 14.0. The first-order valence-electron chi connectivity index (χ1n) is 7.01. The first kappa shape index (κ1) is 15.3. The number of rotatable bonds is 6. The van der Waals surface area contributed by atoms with Crippen molar-refractivity contribution in [2.75, 3.05) is 13.7 Å². The summed E-state index contributed by atoms with van der Waals surface area (Å²) in [5.74, 6) is 0.905. The lowest BCUT2D eigenvalue weighted by Crippen LogP contribution is -2.05. The lowest BCUT2D eigenvalue weighted by molar-refractivity contribution is 0.368. The zero-order chi connectivity index (χ0) is 15.2. The van der Waals surface area contributed by atoms with Crippen LogP contribution in [0.3, 0.4) is 0 Å². The molecule has 0 aliphatic carbocycles. The van der Waals surface area contributed by atoms with Crippen molar-refractivity contribution < 1.29 is 13.9 Å². The van der Waals surface area contributed by atoms with Gasteiger partial charge in [0.05, 0.1) is 7.11 Å². The van der Waals surface area contributed by atoms with E-state index in [1.807, 2.05) is 18.2 Å². The van der Waals surface area contributed by atoms with E-state index in [1.165, 1.54) is 6.07 Å². The third-order valence-corrected chi connectivity index (χ3v) is 3.31. The van der Waals surface area contributed by atoms with Gasteiger partial charge in [-0.3, -0.25) is 0 Å². The highest BCUT2D eigenvalue weighted by molar-refractivity contribution is 5.47. The maximum atomic E-state index is 14.0. The van der Waals surface area contributed by atoms with E-state index in [-0.39, 0.29) is 5.75 Å². The Morgan fingerprint density at radius 2 is 1.95 bits per heavy atom. The normalized spacial score (nSPS) is 10.5. The van der Waals surface area contributed by atoms with Gasteiger partial charge in [-0.15, -0.1) is 0 Å². The average Bonchev–Trinajstić information content (AvgIpc) is 2.51. The van der Waals surface area contributed by atoms with Gasteiger partial charge in [0.2, 0.25) is 0 Å². The number of ether oxygens (including phenoxy) is 2. The molecule has 0 radical (unpaired) electrons. The number of para-hydroxylation sites is 1. The van der Waals surface area contributed by atoms with Crippen LogP contribution in [0.5, 0.6) is 17.2 Å². The quantitative estimate of drug-likeness (QED) is 0.882. The molecule has 0 spiro atoms. The number of benzene rings is 2. The van der Waals surface area contributed by atoms with Crippen LogP contribution in [0.2, 0.25) is 0 Å². The minimum Gasteiger partial charge on any atom is -0.493 e. The van der Waals surface area contributed by atoms with Crippen molar-refractivity contribution in [3.63, 3.8) is 0 Å². The lowest BCUT2D eigenvalue weighted by atomic mass is 10.1. The third-order valence-electron chi connectivity index (χ3n) is 3.31. The van der Waals surface area contributed by atoms with Crippen molar-refractivity contribution in [2.45, 2.75) is 19.8 Å². The van der Waals surface area contributed by atoms with Gasteiger partial charge in [0.25, 0.3) is 0 Å². The van der Waals surface area contributed by atoms with E-state index in [2.05, 4.69) is 6.92 Å². The predicted molar refractivity (Wildman–Crippen MR) is 81.6 cm³/mol. The van der Waals surface area contributed by atoms with Crippen molar-refractivity contribution in [1.29, 1.82) is 0 Å².